The fourth-order valence-corrected chi connectivity index (χ4v) is 3.81. The predicted molar refractivity (Wildman–Crippen MR) is 97.4 cm³/mol. The zero-order valence-electron chi connectivity index (χ0n) is 14.4. The van der Waals surface area contributed by atoms with Gasteiger partial charge in [0.1, 0.15) is 5.71 Å². The molecule has 0 aliphatic carbocycles. The number of para-hydroxylation sites is 1. The normalized spacial score (nSPS) is 21.4. The van der Waals surface area contributed by atoms with Crippen LogP contribution in [0.2, 0.25) is 0 Å². The van der Waals surface area contributed by atoms with Crippen molar-refractivity contribution in [3.05, 3.63) is 65.7 Å². The molecule has 0 N–H and O–H groups in total. The van der Waals surface area contributed by atoms with Crippen molar-refractivity contribution >= 4 is 17.3 Å². The lowest BCUT2D eigenvalue weighted by Gasteiger charge is -2.33. The molecule has 2 aliphatic heterocycles. The summed E-state index contributed by atoms with van der Waals surface area (Å²) in [4.78, 5) is 18.0. The van der Waals surface area contributed by atoms with Gasteiger partial charge in [0, 0.05) is 7.05 Å². The van der Waals surface area contributed by atoms with Crippen molar-refractivity contribution in [2.75, 3.05) is 19.2 Å². The largest absolute Gasteiger partial charge is 0.294 e. The number of benzene rings is 2. The first-order valence-corrected chi connectivity index (χ1v) is 8.53. The molecule has 2 atom stereocenters. The van der Waals surface area contributed by atoms with Crippen molar-refractivity contribution in [3.8, 4) is 0 Å². The number of hydrogen-bond donors (Lipinski definition) is 0. The highest BCUT2D eigenvalue weighted by Crippen LogP contribution is 2.42. The van der Waals surface area contributed by atoms with Crippen molar-refractivity contribution in [1.29, 1.82) is 0 Å². The first-order chi connectivity index (χ1) is 12.2. The minimum absolute atomic E-state index is 0.0559. The minimum Gasteiger partial charge on any atom is -0.274 e. The molecule has 128 valence electrons. The summed E-state index contributed by atoms with van der Waals surface area (Å²) in [5.74, 6) is -0.247. The number of amides is 1. The Hall–Kier alpha value is -2.66. The molecule has 4 rings (SSSR count). The van der Waals surface area contributed by atoms with Crippen molar-refractivity contribution in [2.45, 2.75) is 24.8 Å². The van der Waals surface area contributed by atoms with Crippen molar-refractivity contribution in [1.82, 2.24) is 5.06 Å². The third-order valence-electron chi connectivity index (χ3n) is 5.09. The van der Waals surface area contributed by atoms with Crippen LogP contribution in [0.3, 0.4) is 0 Å². The Labute approximate surface area is 147 Å². The number of anilines is 1. The number of aryl methyl sites for hydroxylation is 1. The number of fused-ring (bicyclic) bond motifs is 3. The third kappa shape index (κ3) is 2.61. The van der Waals surface area contributed by atoms with Gasteiger partial charge in [-0.1, -0.05) is 48.5 Å². The van der Waals surface area contributed by atoms with Crippen LogP contribution in [0.15, 0.2) is 59.7 Å². The topological polar surface area (TPSA) is 45.1 Å². The number of carbonyl (C=O) groups is 1. The maximum Gasteiger partial charge on any atom is 0.294 e. The molecule has 0 saturated heterocycles. The zero-order valence-corrected chi connectivity index (χ0v) is 14.4. The van der Waals surface area contributed by atoms with Gasteiger partial charge in [-0.05, 0) is 30.0 Å². The van der Waals surface area contributed by atoms with Crippen LogP contribution in [-0.4, -0.2) is 36.9 Å². The standard InChI is InChI=1S/C20H21N3O2/c1-22(25-2)20(24)19-18(15-9-4-3-5-10-15)17-13-12-14-8-6-7-11-16(14)23(17)21-19/h3-11,17-18H,12-13H2,1-2H3/t17-,18-/m0/s1. The van der Waals surface area contributed by atoms with Crippen LogP contribution in [0.1, 0.15) is 23.5 Å². The monoisotopic (exact) mass is 335 g/mol. The van der Waals surface area contributed by atoms with Crippen LogP contribution in [0, 0.1) is 0 Å². The van der Waals surface area contributed by atoms with Crippen molar-refractivity contribution < 1.29 is 9.63 Å². The summed E-state index contributed by atoms with van der Waals surface area (Å²) < 4.78 is 0. The Balaban J connectivity index is 1.80. The molecule has 0 aromatic heterocycles. The molecule has 5 heteroatoms. The Kier molecular flexibility index (Phi) is 4.01. The van der Waals surface area contributed by atoms with E-state index >= 15 is 0 Å². The molecule has 0 bridgehead atoms. The van der Waals surface area contributed by atoms with Crippen LogP contribution in [-0.2, 0) is 16.1 Å². The van der Waals surface area contributed by atoms with Gasteiger partial charge in [0.2, 0.25) is 0 Å². The van der Waals surface area contributed by atoms with Gasteiger partial charge in [-0.25, -0.2) is 5.06 Å². The van der Waals surface area contributed by atoms with Crippen LogP contribution in [0.25, 0.3) is 0 Å². The number of rotatable bonds is 3. The summed E-state index contributed by atoms with van der Waals surface area (Å²) in [5, 5.41) is 8.04. The smallest absolute Gasteiger partial charge is 0.274 e. The molecule has 2 aromatic carbocycles. The first kappa shape index (κ1) is 15.8. The van der Waals surface area contributed by atoms with E-state index in [2.05, 4.69) is 30.3 Å². The van der Waals surface area contributed by atoms with E-state index in [0.29, 0.717) is 5.71 Å². The molecule has 5 nitrogen and oxygen atoms in total. The zero-order chi connectivity index (χ0) is 17.4. The van der Waals surface area contributed by atoms with Crippen molar-refractivity contribution in [2.24, 2.45) is 5.10 Å². The molecular weight excluding hydrogens is 314 g/mol. The Morgan fingerprint density at radius 1 is 1.16 bits per heavy atom. The summed E-state index contributed by atoms with van der Waals surface area (Å²) in [6.07, 6.45) is 1.96. The predicted octanol–water partition coefficient (Wildman–Crippen LogP) is 2.98. The number of hydrogen-bond acceptors (Lipinski definition) is 4. The fourth-order valence-electron chi connectivity index (χ4n) is 3.81. The van der Waals surface area contributed by atoms with E-state index in [1.807, 2.05) is 29.3 Å². The van der Waals surface area contributed by atoms with Crippen LogP contribution in [0.4, 0.5) is 5.69 Å². The van der Waals surface area contributed by atoms with E-state index in [9.17, 15) is 4.79 Å². The Morgan fingerprint density at radius 2 is 1.88 bits per heavy atom. The Morgan fingerprint density at radius 3 is 2.64 bits per heavy atom. The highest BCUT2D eigenvalue weighted by Gasteiger charge is 2.44. The molecule has 2 aromatic rings. The van der Waals surface area contributed by atoms with E-state index in [1.165, 1.54) is 17.7 Å². The molecule has 0 radical (unpaired) electrons. The summed E-state index contributed by atoms with van der Waals surface area (Å²) >= 11 is 0. The van der Waals surface area contributed by atoms with Gasteiger partial charge >= 0.3 is 0 Å². The van der Waals surface area contributed by atoms with E-state index in [1.54, 1.807) is 7.05 Å². The average molecular weight is 335 g/mol. The second-order valence-corrected chi connectivity index (χ2v) is 6.44. The van der Waals surface area contributed by atoms with Gasteiger partial charge in [-0.15, -0.1) is 0 Å². The van der Waals surface area contributed by atoms with Gasteiger partial charge in [0.15, 0.2) is 0 Å². The van der Waals surface area contributed by atoms with Gasteiger partial charge in [0.25, 0.3) is 5.91 Å². The molecule has 0 spiro atoms. The van der Waals surface area contributed by atoms with Crippen LogP contribution >= 0.6 is 0 Å². The fraction of sp³-hybridized carbons (Fsp3) is 0.300. The molecule has 1 amide bonds. The summed E-state index contributed by atoms with van der Waals surface area (Å²) in [6, 6.07) is 18.6. The van der Waals surface area contributed by atoms with E-state index < -0.39 is 0 Å². The molecule has 25 heavy (non-hydrogen) atoms. The molecule has 2 aliphatic rings. The lowest BCUT2D eigenvalue weighted by Crippen LogP contribution is -2.39. The second-order valence-electron chi connectivity index (χ2n) is 6.44. The van der Waals surface area contributed by atoms with Gasteiger partial charge in [-0.2, -0.15) is 5.10 Å². The quantitative estimate of drug-likeness (QED) is 0.810. The van der Waals surface area contributed by atoms with E-state index in [4.69, 9.17) is 9.94 Å². The second kappa shape index (κ2) is 6.33. The molecule has 0 saturated carbocycles. The van der Waals surface area contributed by atoms with Crippen LogP contribution in [0.5, 0.6) is 0 Å². The molecule has 2 heterocycles. The van der Waals surface area contributed by atoms with Crippen molar-refractivity contribution in [3.63, 3.8) is 0 Å². The SMILES string of the molecule is CON(C)C(=O)C1=NN2c3ccccc3CC[C@H]2[C@@H]1c1ccccc1. The average Bonchev–Trinajstić information content (AvgIpc) is 3.07. The van der Waals surface area contributed by atoms with E-state index in [0.717, 1.165) is 24.1 Å². The third-order valence-corrected chi connectivity index (χ3v) is 5.09. The summed E-state index contributed by atoms with van der Waals surface area (Å²) in [7, 11) is 3.12. The minimum atomic E-state index is -0.191. The van der Waals surface area contributed by atoms with Gasteiger partial charge in [0.05, 0.1) is 24.8 Å². The molecule has 0 fully saturated rings. The molecular formula is C20H21N3O2. The van der Waals surface area contributed by atoms with Gasteiger partial charge in [-0.3, -0.25) is 14.6 Å². The van der Waals surface area contributed by atoms with Gasteiger partial charge < -0.3 is 0 Å². The lowest BCUT2D eigenvalue weighted by molar-refractivity contribution is -0.160. The number of nitrogens with zero attached hydrogens (tertiary/aromatic N) is 3. The maximum atomic E-state index is 12.9. The Bertz CT molecular complexity index is 819. The highest BCUT2D eigenvalue weighted by atomic mass is 16.7. The summed E-state index contributed by atoms with van der Waals surface area (Å²) in [6.45, 7) is 0. The number of carbonyl (C=O) groups excluding carboxylic acids is 1. The maximum absolute atomic E-state index is 12.9. The van der Waals surface area contributed by atoms with Crippen LogP contribution < -0.4 is 5.01 Å². The molecule has 0 unspecified atom stereocenters. The highest BCUT2D eigenvalue weighted by molar-refractivity contribution is 6.41. The first-order valence-electron chi connectivity index (χ1n) is 8.53. The lowest BCUT2D eigenvalue weighted by atomic mass is 9.82. The summed E-state index contributed by atoms with van der Waals surface area (Å²) in [5.41, 5.74) is 4.04. The number of hydroxylamine groups is 2. The van der Waals surface area contributed by atoms with E-state index in [-0.39, 0.29) is 17.9 Å². The number of hydrazone groups is 1.